The Morgan fingerprint density at radius 3 is 2.74 bits per heavy atom. The van der Waals surface area contributed by atoms with Gasteiger partial charge >= 0.3 is 0 Å². The Labute approximate surface area is 137 Å². The standard InChI is InChI=1S/C17H15N5S/c1-22-9-8-18-17(22)14(12-5-3-2-4-6-12)21-16-15-13(7-10-23-15)19-11-20-16/h2-11,14H,1H3,(H,19,20,21)/t14-/m1/s1. The number of fused-ring (bicyclic) bond motifs is 1. The van der Waals surface area contributed by atoms with Gasteiger partial charge < -0.3 is 9.88 Å². The van der Waals surface area contributed by atoms with Gasteiger partial charge in [0.1, 0.15) is 24.0 Å². The van der Waals surface area contributed by atoms with Gasteiger partial charge in [0, 0.05) is 19.4 Å². The molecule has 23 heavy (non-hydrogen) atoms. The van der Waals surface area contributed by atoms with E-state index in [2.05, 4.69) is 32.4 Å². The SMILES string of the molecule is Cn1ccnc1[C@H](Nc1ncnc2ccsc12)c1ccccc1. The molecular formula is C17H15N5S. The number of imidazole rings is 1. The largest absolute Gasteiger partial charge is 0.355 e. The molecular weight excluding hydrogens is 306 g/mol. The molecule has 0 aliphatic carbocycles. The van der Waals surface area contributed by atoms with Gasteiger partial charge in [-0.3, -0.25) is 0 Å². The molecule has 1 N–H and O–H groups in total. The average molecular weight is 321 g/mol. The molecule has 0 saturated carbocycles. The van der Waals surface area contributed by atoms with Crippen LogP contribution in [0, 0.1) is 0 Å². The molecule has 6 heteroatoms. The molecule has 4 rings (SSSR count). The summed E-state index contributed by atoms with van der Waals surface area (Å²) in [5.41, 5.74) is 2.10. The van der Waals surface area contributed by atoms with Crippen molar-refractivity contribution in [1.82, 2.24) is 19.5 Å². The van der Waals surface area contributed by atoms with Crippen molar-refractivity contribution in [3.8, 4) is 0 Å². The summed E-state index contributed by atoms with van der Waals surface area (Å²) in [5, 5.41) is 5.57. The molecule has 1 aromatic carbocycles. The van der Waals surface area contributed by atoms with Gasteiger partial charge in [-0.15, -0.1) is 11.3 Å². The van der Waals surface area contributed by atoms with Crippen molar-refractivity contribution in [2.24, 2.45) is 7.05 Å². The molecule has 3 aromatic heterocycles. The molecule has 0 aliphatic rings. The van der Waals surface area contributed by atoms with E-state index < -0.39 is 0 Å². The van der Waals surface area contributed by atoms with Crippen molar-refractivity contribution in [3.05, 3.63) is 71.9 Å². The van der Waals surface area contributed by atoms with Crippen LogP contribution in [0.25, 0.3) is 10.2 Å². The first-order valence-corrected chi connectivity index (χ1v) is 8.18. The average Bonchev–Trinajstić information content (AvgIpc) is 3.22. The molecule has 4 aromatic rings. The van der Waals surface area contributed by atoms with Crippen LogP contribution in [0.15, 0.2) is 60.5 Å². The Kier molecular flexibility index (Phi) is 3.51. The van der Waals surface area contributed by atoms with Crippen LogP contribution in [0.5, 0.6) is 0 Å². The summed E-state index contributed by atoms with van der Waals surface area (Å²) >= 11 is 1.64. The second-order valence-electron chi connectivity index (χ2n) is 5.24. The number of aromatic nitrogens is 4. The third kappa shape index (κ3) is 2.57. The lowest BCUT2D eigenvalue weighted by Crippen LogP contribution is -2.17. The van der Waals surface area contributed by atoms with Crippen molar-refractivity contribution < 1.29 is 0 Å². The molecule has 0 aliphatic heterocycles. The van der Waals surface area contributed by atoms with Gasteiger partial charge in [0.05, 0.1) is 10.2 Å². The monoisotopic (exact) mass is 321 g/mol. The normalized spacial score (nSPS) is 12.4. The number of aryl methyl sites for hydroxylation is 1. The Morgan fingerprint density at radius 1 is 1.09 bits per heavy atom. The van der Waals surface area contributed by atoms with Crippen molar-refractivity contribution >= 4 is 27.4 Å². The van der Waals surface area contributed by atoms with Crippen LogP contribution in [-0.4, -0.2) is 19.5 Å². The van der Waals surface area contributed by atoms with Crippen molar-refractivity contribution in [3.63, 3.8) is 0 Å². The zero-order valence-corrected chi connectivity index (χ0v) is 13.4. The predicted molar refractivity (Wildman–Crippen MR) is 92.5 cm³/mol. The minimum atomic E-state index is -0.0728. The first-order valence-electron chi connectivity index (χ1n) is 7.30. The Morgan fingerprint density at radius 2 is 1.96 bits per heavy atom. The molecule has 0 fully saturated rings. The van der Waals surface area contributed by atoms with Gasteiger partial charge in [0.15, 0.2) is 0 Å². The lowest BCUT2D eigenvalue weighted by atomic mass is 10.1. The lowest BCUT2D eigenvalue weighted by Gasteiger charge is -2.20. The smallest absolute Gasteiger partial charge is 0.148 e. The summed E-state index contributed by atoms with van der Waals surface area (Å²) in [6.07, 6.45) is 5.36. The fourth-order valence-corrected chi connectivity index (χ4v) is 3.42. The maximum absolute atomic E-state index is 4.52. The second kappa shape index (κ2) is 5.81. The van der Waals surface area contributed by atoms with E-state index in [9.17, 15) is 0 Å². The molecule has 0 amide bonds. The topological polar surface area (TPSA) is 55.6 Å². The Hall–Kier alpha value is -2.73. The van der Waals surface area contributed by atoms with Crippen LogP contribution in [0.4, 0.5) is 5.82 Å². The van der Waals surface area contributed by atoms with Crippen LogP contribution < -0.4 is 5.32 Å². The van der Waals surface area contributed by atoms with Crippen LogP contribution in [0.2, 0.25) is 0 Å². The minimum absolute atomic E-state index is 0.0728. The molecule has 0 spiro atoms. The first-order chi connectivity index (χ1) is 11.3. The molecule has 114 valence electrons. The van der Waals surface area contributed by atoms with E-state index in [1.807, 2.05) is 53.7 Å². The lowest BCUT2D eigenvalue weighted by molar-refractivity contribution is 0.746. The van der Waals surface area contributed by atoms with Gasteiger partial charge in [-0.25, -0.2) is 15.0 Å². The molecule has 1 atom stereocenters. The van der Waals surface area contributed by atoms with E-state index in [4.69, 9.17) is 0 Å². The highest BCUT2D eigenvalue weighted by Gasteiger charge is 2.20. The third-order valence-corrected chi connectivity index (χ3v) is 4.68. The zero-order valence-electron chi connectivity index (χ0n) is 12.5. The number of hydrogen-bond acceptors (Lipinski definition) is 5. The predicted octanol–water partition coefficient (Wildman–Crippen LogP) is 3.63. The summed E-state index contributed by atoms with van der Waals surface area (Å²) < 4.78 is 3.08. The number of rotatable bonds is 4. The fraction of sp³-hybridized carbons (Fsp3) is 0.118. The summed E-state index contributed by atoms with van der Waals surface area (Å²) in [6.45, 7) is 0. The molecule has 0 saturated heterocycles. The van der Waals surface area contributed by atoms with Crippen molar-refractivity contribution in [2.75, 3.05) is 5.32 Å². The van der Waals surface area contributed by atoms with E-state index in [0.29, 0.717) is 0 Å². The molecule has 5 nitrogen and oxygen atoms in total. The highest BCUT2D eigenvalue weighted by Crippen LogP contribution is 2.30. The Balaban J connectivity index is 1.80. The van der Waals surface area contributed by atoms with Gasteiger partial charge in [-0.1, -0.05) is 30.3 Å². The number of anilines is 1. The van der Waals surface area contributed by atoms with E-state index in [1.54, 1.807) is 17.7 Å². The quantitative estimate of drug-likeness (QED) is 0.623. The first kappa shape index (κ1) is 13.9. The van der Waals surface area contributed by atoms with Gasteiger partial charge in [-0.05, 0) is 17.0 Å². The van der Waals surface area contributed by atoms with Crippen LogP contribution in [-0.2, 0) is 7.05 Å². The highest BCUT2D eigenvalue weighted by atomic mass is 32.1. The molecule has 0 bridgehead atoms. The van der Waals surface area contributed by atoms with E-state index >= 15 is 0 Å². The molecule has 3 heterocycles. The number of benzene rings is 1. The van der Waals surface area contributed by atoms with E-state index in [-0.39, 0.29) is 6.04 Å². The van der Waals surface area contributed by atoms with Gasteiger partial charge in [0.25, 0.3) is 0 Å². The zero-order chi connectivity index (χ0) is 15.6. The number of thiophene rings is 1. The number of nitrogens with zero attached hydrogens (tertiary/aromatic N) is 4. The number of nitrogens with one attached hydrogen (secondary N) is 1. The maximum atomic E-state index is 4.52. The van der Waals surface area contributed by atoms with E-state index in [0.717, 1.165) is 27.4 Å². The van der Waals surface area contributed by atoms with Crippen LogP contribution in [0.1, 0.15) is 17.4 Å². The molecule has 0 radical (unpaired) electrons. The third-order valence-electron chi connectivity index (χ3n) is 3.77. The van der Waals surface area contributed by atoms with Crippen LogP contribution >= 0.6 is 11.3 Å². The maximum Gasteiger partial charge on any atom is 0.148 e. The summed E-state index contributed by atoms with van der Waals surface area (Å²) in [4.78, 5) is 13.3. The van der Waals surface area contributed by atoms with Crippen molar-refractivity contribution in [1.29, 1.82) is 0 Å². The van der Waals surface area contributed by atoms with Gasteiger partial charge in [-0.2, -0.15) is 0 Å². The van der Waals surface area contributed by atoms with Crippen LogP contribution in [0.3, 0.4) is 0 Å². The summed E-state index contributed by atoms with van der Waals surface area (Å²) in [5.74, 6) is 1.78. The van der Waals surface area contributed by atoms with E-state index in [1.165, 1.54) is 0 Å². The van der Waals surface area contributed by atoms with Crippen molar-refractivity contribution in [2.45, 2.75) is 6.04 Å². The highest BCUT2D eigenvalue weighted by molar-refractivity contribution is 7.17. The summed E-state index contributed by atoms with van der Waals surface area (Å²) in [7, 11) is 2.00. The number of hydrogen-bond donors (Lipinski definition) is 1. The Bertz CT molecular complexity index is 928. The minimum Gasteiger partial charge on any atom is -0.355 e. The molecule has 0 unspecified atom stereocenters. The summed E-state index contributed by atoms with van der Waals surface area (Å²) in [6, 6.07) is 12.2. The van der Waals surface area contributed by atoms with Gasteiger partial charge in [0.2, 0.25) is 0 Å². The second-order valence-corrected chi connectivity index (χ2v) is 6.16. The fourth-order valence-electron chi connectivity index (χ4n) is 2.63.